The molecule has 1 aromatic heterocycles. The van der Waals surface area contributed by atoms with E-state index in [4.69, 9.17) is 0 Å². The van der Waals surface area contributed by atoms with E-state index >= 15 is 0 Å². The average molecular weight is 235 g/mol. The van der Waals surface area contributed by atoms with Crippen LogP contribution in [0, 0.1) is 13.8 Å². The number of rotatable bonds is 2. The van der Waals surface area contributed by atoms with E-state index in [0.717, 1.165) is 20.5 Å². The summed E-state index contributed by atoms with van der Waals surface area (Å²) in [5.74, 6) is -0.124. The minimum atomic E-state index is -3.51. The highest BCUT2D eigenvalue weighted by Gasteiger charge is 2.25. The summed E-state index contributed by atoms with van der Waals surface area (Å²) < 4.78 is 24.5. The molecule has 80 valence electrons. The monoisotopic (exact) mass is 235 g/mol. The molecule has 1 heterocycles. The lowest BCUT2D eigenvalue weighted by Gasteiger charge is -2.09. The first-order valence-corrected chi connectivity index (χ1v) is 6.25. The molecule has 0 spiro atoms. The van der Waals surface area contributed by atoms with Crippen LogP contribution in [0.1, 0.15) is 10.4 Å². The SMILES string of the molecule is Cc1sc(S(=O)(=O)N(C)C)c(O)c1C. The van der Waals surface area contributed by atoms with E-state index in [0.29, 0.717) is 5.56 Å². The Balaban J connectivity index is 3.42. The van der Waals surface area contributed by atoms with E-state index in [1.807, 2.05) is 0 Å². The van der Waals surface area contributed by atoms with Gasteiger partial charge in [-0.25, -0.2) is 12.7 Å². The summed E-state index contributed by atoms with van der Waals surface area (Å²) in [6, 6.07) is 0. The highest BCUT2D eigenvalue weighted by Crippen LogP contribution is 2.37. The number of aromatic hydroxyl groups is 1. The van der Waals surface area contributed by atoms with Crippen molar-refractivity contribution >= 4 is 21.4 Å². The quantitative estimate of drug-likeness (QED) is 0.841. The van der Waals surface area contributed by atoms with Crippen molar-refractivity contribution in [3.8, 4) is 5.75 Å². The van der Waals surface area contributed by atoms with Crippen molar-refractivity contribution in [2.24, 2.45) is 0 Å². The van der Waals surface area contributed by atoms with Crippen LogP contribution < -0.4 is 0 Å². The van der Waals surface area contributed by atoms with Crippen LogP contribution in [0.5, 0.6) is 5.75 Å². The number of nitrogens with zero attached hydrogens (tertiary/aromatic N) is 1. The van der Waals surface area contributed by atoms with E-state index in [-0.39, 0.29) is 9.96 Å². The Morgan fingerprint density at radius 3 is 2.07 bits per heavy atom. The molecule has 0 amide bonds. The fourth-order valence-corrected chi connectivity index (χ4v) is 3.67. The Morgan fingerprint density at radius 1 is 1.29 bits per heavy atom. The van der Waals surface area contributed by atoms with Gasteiger partial charge in [-0.2, -0.15) is 0 Å². The van der Waals surface area contributed by atoms with Gasteiger partial charge in [-0.3, -0.25) is 0 Å². The summed E-state index contributed by atoms with van der Waals surface area (Å²) in [7, 11) is -0.620. The second kappa shape index (κ2) is 3.52. The standard InChI is InChI=1S/C8H13NO3S2/c1-5-6(2)13-8(7(5)10)14(11,12)9(3)4/h10H,1-4H3. The van der Waals surface area contributed by atoms with E-state index in [1.165, 1.54) is 14.1 Å². The molecule has 0 aliphatic rings. The van der Waals surface area contributed by atoms with Crippen LogP contribution in [0.2, 0.25) is 0 Å². The van der Waals surface area contributed by atoms with Gasteiger partial charge in [0.25, 0.3) is 10.0 Å². The van der Waals surface area contributed by atoms with Gasteiger partial charge in [0, 0.05) is 24.5 Å². The summed E-state index contributed by atoms with van der Waals surface area (Å²) in [6.45, 7) is 3.49. The summed E-state index contributed by atoms with van der Waals surface area (Å²) in [6.07, 6.45) is 0. The van der Waals surface area contributed by atoms with Gasteiger partial charge in [0.05, 0.1) is 0 Å². The normalized spacial score (nSPS) is 12.4. The molecule has 0 fully saturated rings. The van der Waals surface area contributed by atoms with Crippen LogP contribution in [0.25, 0.3) is 0 Å². The molecular formula is C8H13NO3S2. The number of hydrogen-bond acceptors (Lipinski definition) is 4. The Kier molecular flexibility index (Phi) is 2.89. The third-order valence-electron chi connectivity index (χ3n) is 2.04. The van der Waals surface area contributed by atoms with Crippen molar-refractivity contribution in [2.45, 2.75) is 18.1 Å². The summed E-state index contributed by atoms with van der Waals surface area (Å²) in [5.41, 5.74) is 0.635. The zero-order chi connectivity index (χ0) is 11.1. The number of sulfonamides is 1. The summed E-state index contributed by atoms with van der Waals surface area (Å²) >= 11 is 1.10. The first-order chi connectivity index (χ1) is 6.28. The van der Waals surface area contributed by atoms with Gasteiger partial charge in [-0.05, 0) is 13.8 Å². The molecule has 1 N–H and O–H groups in total. The minimum Gasteiger partial charge on any atom is -0.505 e. The third-order valence-corrected chi connectivity index (χ3v) is 5.53. The largest absolute Gasteiger partial charge is 0.505 e. The molecule has 0 saturated heterocycles. The van der Waals surface area contributed by atoms with Crippen molar-refractivity contribution in [3.05, 3.63) is 10.4 Å². The van der Waals surface area contributed by atoms with Crippen molar-refractivity contribution in [1.82, 2.24) is 4.31 Å². The molecule has 0 aliphatic carbocycles. The predicted molar refractivity (Wildman–Crippen MR) is 56.3 cm³/mol. The molecule has 14 heavy (non-hydrogen) atoms. The molecule has 0 aliphatic heterocycles. The zero-order valence-electron chi connectivity index (χ0n) is 8.53. The Morgan fingerprint density at radius 2 is 1.79 bits per heavy atom. The van der Waals surface area contributed by atoms with E-state index < -0.39 is 10.0 Å². The van der Waals surface area contributed by atoms with Crippen molar-refractivity contribution in [1.29, 1.82) is 0 Å². The highest BCUT2D eigenvalue weighted by atomic mass is 32.2. The molecule has 0 atom stereocenters. The molecule has 4 nitrogen and oxygen atoms in total. The second-order valence-corrected chi connectivity index (χ2v) is 6.78. The van der Waals surface area contributed by atoms with Crippen LogP contribution in [0.3, 0.4) is 0 Å². The molecule has 0 saturated carbocycles. The predicted octanol–water partition coefficient (Wildman–Crippen LogP) is 1.32. The first-order valence-electron chi connectivity index (χ1n) is 4.00. The maximum absolute atomic E-state index is 11.7. The molecule has 1 aromatic rings. The minimum absolute atomic E-state index is 0.0255. The molecule has 0 unspecified atom stereocenters. The number of thiophene rings is 1. The molecule has 0 bridgehead atoms. The van der Waals surface area contributed by atoms with E-state index in [9.17, 15) is 13.5 Å². The van der Waals surface area contributed by atoms with Crippen molar-refractivity contribution < 1.29 is 13.5 Å². The Bertz CT molecular complexity index is 445. The van der Waals surface area contributed by atoms with Crippen LogP contribution in [-0.4, -0.2) is 31.9 Å². The second-order valence-electron chi connectivity index (χ2n) is 3.21. The third kappa shape index (κ3) is 1.65. The zero-order valence-corrected chi connectivity index (χ0v) is 10.2. The smallest absolute Gasteiger partial charge is 0.255 e. The van der Waals surface area contributed by atoms with Crippen LogP contribution in [-0.2, 0) is 10.0 Å². The van der Waals surface area contributed by atoms with Crippen LogP contribution in [0.15, 0.2) is 4.21 Å². The molecule has 0 radical (unpaired) electrons. The van der Waals surface area contributed by atoms with E-state index in [1.54, 1.807) is 13.8 Å². The maximum Gasteiger partial charge on any atom is 0.255 e. The highest BCUT2D eigenvalue weighted by molar-refractivity contribution is 7.91. The average Bonchev–Trinajstić information content (AvgIpc) is 2.33. The number of hydrogen-bond donors (Lipinski definition) is 1. The Hall–Kier alpha value is -0.590. The van der Waals surface area contributed by atoms with Gasteiger partial charge in [0.15, 0.2) is 4.21 Å². The molecule has 0 aromatic carbocycles. The summed E-state index contributed by atoms with van der Waals surface area (Å²) in [5, 5.41) is 9.61. The van der Waals surface area contributed by atoms with Crippen molar-refractivity contribution in [2.75, 3.05) is 14.1 Å². The van der Waals surface area contributed by atoms with Gasteiger partial charge < -0.3 is 5.11 Å². The lowest BCUT2D eigenvalue weighted by molar-refractivity contribution is 0.454. The topological polar surface area (TPSA) is 57.6 Å². The van der Waals surface area contributed by atoms with Gasteiger partial charge in [0.1, 0.15) is 5.75 Å². The van der Waals surface area contributed by atoms with Gasteiger partial charge in [-0.1, -0.05) is 0 Å². The maximum atomic E-state index is 11.7. The van der Waals surface area contributed by atoms with Crippen LogP contribution in [0.4, 0.5) is 0 Å². The van der Waals surface area contributed by atoms with Crippen LogP contribution >= 0.6 is 11.3 Å². The molecule has 1 rings (SSSR count). The molecular weight excluding hydrogens is 222 g/mol. The first kappa shape index (κ1) is 11.5. The van der Waals surface area contributed by atoms with Gasteiger partial charge in [0.2, 0.25) is 0 Å². The van der Waals surface area contributed by atoms with Gasteiger partial charge >= 0.3 is 0 Å². The van der Waals surface area contributed by atoms with E-state index in [2.05, 4.69) is 0 Å². The fraction of sp³-hybridized carbons (Fsp3) is 0.500. The van der Waals surface area contributed by atoms with Crippen molar-refractivity contribution in [3.63, 3.8) is 0 Å². The van der Waals surface area contributed by atoms with Gasteiger partial charge in [-0.15, -0.1) is 11.3 Å². The Labute approximate surface area is 87.8 Å². The molecule has 6 heteroatoms. The summed E-state index contributed by atoms with van der Waals surface area (Å²) in [4.78, 5) is 0.822. The number of aryl methyl sites for hydroxylation is 1. The lowest BCUT2D eigenvalue weighted by Crippen LogP contribution is -2.21. The lowest BCUT2D eigenvalue weighted by atomic mass is 10.3. The fourth-order valence-electron chi connectivity index (χ4n) is 0.924.